The summed E-state index contributed by atoms with van der Waals surface area (Å²) in [4.78, 5) is 51.7. The molecule has 7 aromatic rings. The van der Waals surface area contributed by atoms with Crippen LogP contribution < -0.4 is 15.5 Å². The summed E-state index contributed by atoms with van der Waals surface area (Å²) in [5.41, 5.74) is 7.34. The summed E-state index contributed by atoms with van der Waals surface area (Å²) in [7, 11) is 3.92. The Kier molecular flexibility index (Phi) is 15.0. The predicted molar refractivity (Wildman–Crippen MR) is 243 cm³/mol. The molecule has 0 aliphatic heterocycles. The molecule has 0 saturated heterocycles. The molecule has 7 rings (SSSR count). The number of aromatic hydroxyl groups is 1. The number of carbonyl (C=O) groups is 2. The summed E-state index contributed by atoms with van der Waals surface area (Å²) in [5, 5.41) is 26.5. The van der Waals surface area contributed by atoms with E-state index < -0.39 is 11.8 Å². The first-order valence-corrected chi connectivity index (χ1v) is 20.5. The number of aromatic nitrogens is 4. The second kappa shape index (κ2) is 21.7. The number of phenols is 1. The monoisotopic (exact) mass is 839 g/mol. The normalized spacial score (nSPS) is 11.2. The van der Waals surface area contributed by atoms with Gasteiger partial charge in [0.15, 0.2) is 0 Å². The number of hydrogen-bond acceptors (Lipinski definition) is 12. The van der Waals surface area contributed by atoms with E-state index in [-0.39, 0.29) is 17.9 Å². The fraction of sp³-hybridized carbons (Fsp3) is 0.184. The largest absolute Gasteiger partial charge is 0.507 e. The third-order valence-electron chi connectivity index (χ3n) is 9.98. The number of benzene rings is 3. The van der Waals surface area contributed by atoms with E-state index in [1.165, 1.54) is 0 Å². The van der Waals surface area contributed by atoms with Crippen LogP contribution >= 0.6 is 0 Å². The molecule has 0 unspecified atom stereocenters. The highest BCUT2D eigenvalue weighted by Gasteiger charge is 2.20. The number of nitrogens with one attached hydrogen (secondary N) is 2. The lowest BCUT2D eigenvalue weighted by Gasteiger charge is -2.26. The van der Waals surface area contributed by atoms with Gasteiger partial charge in [0.05, 0.1) is 46.3 Å². The van der Waals surface area contributed by atoms with Crippen LogP contribution in [0.1, 0.15) is 44.3 Å². The summed E-state index contributed by atoms with van der Waals surface area (Å²) in [6, 6.07) is 41.0. The standard InChI is InChI=1S/C49H49N11O3/c1-58(2)44-21-19-38(20-22-44)56-57-46-18-4-3-17-45(46)49(63)54-29-47(61)55-43-27-36(30-59(32-39-13-5-9-23-50-39)33-40-14-6-10-24-51-40)48(62)37(28-43)31-60(34-41-15-7-11-25-52-41)35-42-16-8-12-26-53-42/h3-28,62H,29-35H2,1-2H3,(H,54,63)(H,55,61). The highest BCUT2D eigenvalue weighted by atomic mass is 16.3. The van der Waals surface area contributed by atoms with Gasteiger partial charge in [-0.05, 0) is 97.1 Å². The topological polar surface area (TPSA) is 164 Å². The van der Waals surface area contributed by atoms with Crippen LogP contribution in [0.5, 0.6) is 5.75 Å². The predicted octanol–water partition coefficient (Wildman–Crippen LogP) is 8.23. The third kappa shape index (κ3) is 12.9. The molecule has 14 nitrogen and oxygen atoms in total. The molecule has 3 N–H and O–H groups in total. The molecule has 318 valence electrons. The Bertz CT molecular complexity index is 2390. The molecule has 0 saturated carbocycles. The van der Waals surface area contributed by atoms with Crippen molar-refractivity contribution in [2.75, 3.05) is 30.9 Å². The van der Waals surface area contributed by atoms with Gasteiger partial charge in [-0.2, -0.15) is 5.11 Å². The minimum absolute atomic E-state index is 0.0970. The van der Waals surface area contributed by atoms with Crippen LogP contribution in [0, 0.1) is 0 Å². The minimum atomic E-state index is -0.478. The molecule has 4 aromatic heterocycles. The van der Waals surface area contributed by atoms with Crippen LogP contribution in [-0.2, 0) is 44.1 Å². The number of hydrogen-bond donors (Lipinski definition) is 3. The summed E-state index contributed by atoms with van der Waals surface area (Å²) in [6.07, 6.45) is 7.02. The molecular formula is C49H49N11O3. The van der Waals surface area contributed by atoms with Gasteiger partial charge in [-0.15, -0.1) is 5.11 Å². The van der Waals surface area contributed by atoms with Crippen molar-refractivity contribution in [1.29, 1.82) is 0 Å². The molecule has 4 heterocycles. The van der Waals surface area contributed by atoms with Crippen molar-refractivity contribution in [2.24, 2.45) is 10.2 Å². The van der Waals surface area contributed by atoms with E-state index in [1.54, 1.807) is 61.2 Å². The number of nitrogens with zero attached hydrogens (tertiary/aromatic N) is 9. The van der Waals surface area contributed by atoms with Crippen LogP contribution in [0.4, 0.5) is 22.7 Å². The molecular weight excluding hydrogens is 791 g/mol. The van der Waals surface area contributed by atoms with E-state index in [0.717, 1.165) is 28.5 Å². The first-order chi connectivity index (χ1) is 30.8. The fourth-order valence-corrected chi connectivity index (χ4v) is 6.92. The smallest absolute Gasteiger partial charge is 0.253 e. The van der Waals surface area contributed by atoms with Gasteiger partial charge in [0.2, 0.25) is 5.91 Å². The van der Waals surface area contributed by atoms with Crippen molar-refractivity contribution in [2.45, 2.75) is 39.3 Å². The fourth-order valence-electron chi connectivity index (χ4n) is 6.92. The highest BCUT2D eigenvalue weighted by molar-refractivity contribution is 6.02. The zero-order chi connectivity index (χ0) is 43.8. The Morgan fingerprint density at radius 1 is 0.571 bits per heavy atom. The van der Waals surface area contributed by atoms with Gasteiger partial charge in [0.1, 0.15) is 5.75 Å². The second-order valence-corrected chi connectivity index (χ2v) is 15.1. The number of carbonyl (C=O) groups excluding carboxylic acids is 2. The third-order valence-corrected chi connectivity index (χ3v) is 9.98. The number of azo groups is 1. The first kappa shape index (κ1) is 43.4. The average Bonchev–Trinajstić information content (AvgIpc) is 3.30. The molecule has 0 aliphatic rings. The van der Waals surface area contributed by atoms with Crippen molar-refractivity contribution in [3.63, 3.8) is 0 Å². The summed E-state index contributed by atoms with van der Waals surface area (Å²) < 4.78 is 0. The van der Waals surface area contributed by atoms with Crippen molar-refractivity contribution < 1.29 is 14.7 Å². The molecule has 0 atom stereocenters. The average molecular weight is 840 g/mol. The van der Waals surface area contributed by atoms with Gasteiger partial charge in [-0.3, -0.25) is 39.3 Å². The lowest BCUT2D eigenvalue weighted by atomic mass is 10.0. The number of anilines is 2. The Morgan fingerprint density at radius 2 is 1.03 bits per heavy atom. The molecule has 2 amide bonds. The van der Waals surface area contributed by atoms with E-state index in [0.29, 0.717) is 67.5 Å². The number of amides is 2. The van der Waals surface area contributed by atoms with Crippen LogP contribution in [0.3, 0.4) is 0 Å². The first-order valence-electron chi connectivity index (χ1n) is 20.5. The zero-order valence-electron chi connectivity index (χ0n) is 35.2. The molecule has 14 heteroatoms. The van der Waals surface area contributed by atoms with Gasteiger partial charge >= 0.3 is 0 Å². The number of rotatable bonds is 19. The van der Waals surface area contributed by atoms with E-state index in [4.69, 9.17) is 0 Å². The minimum Gasteiger partial charge on any atom is -0.507 e. The number of phenolic OH excluding ortho intramolecular Hbond substituents is 1. The molecule has 0 spiro atoms. The zero-order valence-corrected chi connectivity index (χ0v) is 35.2. The van der Waals surface area contributed by atoms with Gasteiger partial charge in [0.25, 0.3) is 5.91 Å². The Balaban J connectivity index is 1.13. The number of pyridine rings is 4. The molecule has 0 radical (unpaired) electrons. The summed E-state index contributed by atoms with van der Waals surface area (Å²) in [5.74, 6) is -0.836. The van der Waals surface area contributed by atoms with Crippen LogP contribution in [0.25, 0.3) is 0 Å². The molecule has 0 fully saturated rings. The second-order valence-electron chi connectivity index (χ2n) is 15.1. The van der Waals surface area contributed by atoms with Gasteiger partial charge < -0.3 is 20.6 Å². The summed E-state index contributed by atoms with van der Waals surface area (Å²) >= 11 is 0. The maximum absolute atomic E-state index is 13.6. The molecule has 0 bridgehead atoms. The van der Waals surface area contributed by atoms with Crippen LogP contribution in [0.15, 0.2) is 168 Å². The Labute approximate surface area is 367 Å². The highest BCUT2D eigenvalue weighted by Crippen LogP contribution is 2.31. The van der Waals surface area contributed by atoms with Crippen LogP contribution in [0.2, 0.25) is 0 Å². The van der Waals surface area contributed by atoms with E-state index in [1.807, 2.05) is 116 Å². The lowest BCUT2D eigenvalue weighted by Crippen LogP contribution is -2.33. The quantitative estimate of drug-likeness (QED) is 0.0534. The van der Waals surface area contributed by atoms with E-state index in [2.05, 4.69) is 50.6 Å². The van der Waals surface area contributed by atoms with E-state index >= 15 is 0 Å². The lowest BCUT2D eigenvalue weighted by molar-refractivity contribution is -0.115. The van der Waals surface area contributed by atoms with Crippen molar-refractivity contribution >= 4 is 34.6 Å². The summed E-state index contributed by atoms with van der Waals surface area (Å²) in [6.45, 7) is 2.19. The van der Waals surface area contributed by atoms with Gasteiger partial charge in [-0.1, -0.05) is 36.4 Å². The van der Waals surface area contributed by atoms with Gasteiger partial charge in [-0.25, -0.2) is 0 Å². The van der Waals surface area contributed by atoms with Gasteiger partial charge in [0, 0.05) is 101 Å². The van der Waals surface area contributed by atoms with Crippen LogP contribution in [-0.4, -0.2) is 67.3 Å². The Hall–Kier alpha value is -7.68. The SMILES string of the molecule is CN(C)c1ccc(N=Nc2ccccc2C(=O)NCC(=O)Nc2cc(CN(Cc3ccccn3)Cc3ccccn3)c(O)c(CN(Cc3ccccn3)Cc3ccccn3)c2)cc1. The van der Waals surface area contributed by atoms with E-state index in [9.17, 15) is 14.7 Å². The maximum atomic E-state index is 13.6. The maximum Gasteiger partial charge on any atom is 0.253 e. The Morgan fingerprint density at radius 3 is 1.48 bits per heavy atom. The molecule has 0 aliphatic carbocycles. The molecule has 3 aromatic carbocycles. The van der Waals surface area contributed by atoms with Crippen molar-refractivity contribution in [3.05, 3.63) is 198 Å². The van der Waals surface area contributed by atoms with Crippen molar-refractivity contribution in [3.8, 4) is 5.75 Å². The van der Waals surface area contributed by atoms with Crippen molar-refractivity contribution in [1.82, 2.24) is 35.1 Å². The molecule has 63 heavy (non-hydrogen) atoms.